The summed E-state index contributed by atoms with van der Waals surface area (Å²) in [4.78, 5) is 19.8. The molecule has 0 spiro atoms. The summed E-state index contributed by atoms with van der Waals surface area (Å²) >= 11 is 6.20. The average molecular weight is 477 g/mol. The Bertz CT molecular complexity index is 1270. The van der Waals surface area contributed by atoms with E-state index < -0.39 is 5.60 Å². The number of allylic oxidation sites excluding steroid dienone is 2. The number of hydrogen-bond donors (Lipinski definition) is 0. The molecule has 1 amide bonds. The molecule has 0 unspecified atom stereocenters. The molecule has 1 saturated heterocycles. The Kier molecular flexibility index (Phi) is 5.03. The summed E-state index contributed by atoms with van der Waals surface area (Å²) in [7, 11) is 0. The Morgan fingerprint density at radius 3 is 2.79 bits per heavy atom. The number of likely N-dealkylation sites (tertiary alicyclic amines) is 1. The van der Waals surface area contributed by atoms with Crippen LogP contribution < -0.4 is 4.74 Å². The monoisotopic (exact) mass is 476 g/mol. The molecule has 4 aliphatic rings. The van der Waals surface area contributed by atoms with Crippen molar-refractivity contribution < 1.29 is 14.3 Å². The first-order valence-corrected chi connectivity index (χ1v) is 12.5. The maximum atomic E-state index is 12.8. The van der Waals surface area contributed by atoms with E-state index in [9.17, 15) is 4.79 Å². The molecule has 1 fully saturated rings. The van der Waals surface area contributed by atoms with Gasteiger partial charge >= 0.3 is 6.09 Å². The van der Waals surface area contributed by atoms with E-state index in [4.69, 9.17) is 26.1 Å². The van der Waals surface area contributed by atoms with E-state index in [1.165, 1.54) is 28.0 Å². The molecule has 6 heteroatoms. The van der Waals surface area contributed by atoms with Crippen LogP contribution >= 0.6 is 11.6 Å². The van der Waals surface area contributed by atoms with Crippen molar-refractivity contribution in [1.82, 2.24) is 4.90 Å². The van der Waals surface area contributed by atoms with Crippen LogP contribution in [-0.4, -0.2) is 34.9 Å². The fraction of sp³-hybridized carbons (Fsp3) is 0.429. The molecule has 6 rings (SSSR count). The second kappa shape index (κ2) is 7.88. The molecular formula is C28H29ClN2O3. The lowest BCUT2D eigenvalue weighted by molar-refractivity contribution is 0.0265. The summed E-state index contributed by atoms with van der Waals surface area (Å²) in [5.74, 6) is 0.923. The molecule has 176 valence electrons. The molecule has 0 N–H and O–H groups in total. The summed E-state index contributed by atoms with van der Waals surface area (Å²) < 4.78 is 11.8. The molecule has 34 heavy (non-hydrogen) atoms. The van der Waals surface area contributed by atoms with Gasteiger partial charge in [-0.15, -0.1) is 0 Å². The fourth-order valence-electron chi connectivity index (χ4n) is 5.66. The van der Waals surface area contributed by atoms with Gasteiger partial charge in [0.05, 0.1) is 6.04 Å². The Balaban J connectivity index is 1.28. The lowest BCUT2D eigenvalue weighted by Gasteiger charge is -2.29. The van der Waals surface area contributed by atoms with Crippen molar-refractivity contribution in [2.75, 3.05) is 6.54 Å². The normalized spacial score (nSPS) is 20.8. The van der Waals surface area contributed by atoms with Crippen molar-refractivity contribution in [2.45, 2.75) is 71.1 Å². The number of halogens is 1. The second-order valence-corrected chi connectivity index (χ2v) is 11.1. The van der Waals surface area contributed by atoms with E-state index in [2.05, 4.69) is 18.2 Å². The molecule has 1 atom stereocenters. The third-order valence-electron chi connectivity index (χ3n) is 7.15. The van der Waals surface area contributed by atoms with Gasteiger partial charge in [0.25, 0.3) is 0 Å². The van der Waals surface area contributed by atoms with Crippen LogP contribution in [0.25, 0.3) is 16.7 Å². The van der Waals surface area contributed by atoms with E-state index >= 15 is 0 Å². The molecule has 3 aliphatic heterocycles. The highest BCUT2D eigenvalue weighted by Crippen LogP contribution is 2.46. The maximum Gasteiger partial charge on any atom is 0.410 e. The van der Waals surface area contributed by atoms with Gasteiger partial charge in [-0.2, -0.15) is 0 Å². The third kappa shape index (κ3) is 3.70. The standard InChI is InChI=1S/C28H29ClN2O3/c1-28(2,3)34-27(32)31-10-4-5-25(31)24-13-21-20-14-26-22(12-16(20)6-9-23(21)30-24)19-8-7-18(29)11-17(19)15-33-26/h7-8,11-12,14,25H,4-6,9-10,13,15H2,1-3H3/t25-/m0/s1. The maximum absolute atomic E-state index is 12.8. The highest BCUT2D eigenvalue weighted by atomic mass is 35.5. The van der Waals surface area contributed by atoms with Crippen LogP contribution in [0.2, 0.25) is 5.02 Å². The van der Waals surface area contributed by atoms with Crippen LogP contribution in [0.4, 0.5) is 4.79 Å². The number of fused-ring (bicyclic) bond motifs is 5. The Morgan fingerprint density at radius 2 is 1.97 bits per heavy atom. The Morgan fingerprint density at radius 1 is 1.12 bits per heavy atom. The average Bonchev–Trinajstić information content (AvgIpc) is 3.43. The van der Waals surface area contributed by atoms with E-state index in [0.29, 0.717) is 6.61 Å². The largest absolute Gasteiger partial charge is 0.488 e. The predicted octanol–water partition coefficient (Wildman–Crippen LogP) is 6.80. The summed E-state index contributed by atoms with van der Waals surface area (Å²) in [6.45, 7) is 6.99. The number of ether oxygens (including phenoxy) is 2. The Labute approximate surface area is 205 Å². The number of carbonyl (C=O) groups is 1. The number of amides is 1. The lowest BCUT2D eigenvalue weighted by Crippen LogP contribution is -2.43. The quantitative estimate of drug-likeness (QED) is 0.454. The molecule has 0 aromatic heterocycles. The molecular weight excluding hydrogens is 448 g/mol. The summed E-state index contributed by atoms with van der Waals surface area (Å²) in [6.07, 6.45) is 4.37. The minimum Gasteiger partial charge on any atom is -0.488 e. The van der Waals surface area contributed by atoms with Crippen LogP contribution in [0.15, 0.2) is 41.0 Å². The number of benzene rings is 2. The number of aryl methyl sites for hydroxylation is 1. The van der Waals surface area contributed by atoms with Crippen LogP contribution in [0, 0.1) is 0 Å². The first kappa shape index (κ1) is 21.7. The molecule has 0 bridgehead atoms. The van der Waals surface area contributed by atoms with Gasteiger partial charge in [0, 0.05) is 35.0 Å². The predicted molar refractivity (Wildman–Crippen MR) is 134 cm³/mol. The minimum absolute atomic E-state index is 0.0226. The first-order valence-electron chi connectivity index (χ1n) is 12.1. The van der Waals surface area contributed by atoms with Crippen LogP contribution in [0.1, 0.15) is 63.1 Å². The second-order valence-electron chi connectivity index (χ2n) is 10.6. The van der Waals surface area contributed by atoms with Gasteiger partial charge in [0.15, 0.2) is 0 Å². The SMILES string of the molecule is CC(C)(C)OC(=O)N1CCC[C@H]1C1=NC2=C(C1)c1cc3c(cc1CC2)-c1ccc(Cl)cc1CO3. The number of nitrogens with zero attached hydrogens (tertiary/aromatic N) is 2. The third-order valence-corrected chi connectivity index (χ3v) is 7.39. The first-order chi connectivity index (χ1) is 16.3. The molecule has 2 aromatic carbocycles. The molecule has 0 saturated carbocycles. The van der Waals surface area contributed by atoms with E-state index in [-0.39, 0.29) is 12.1 Å². The number of hydrogen-bond acceptors (Lipinski definition) is 4. The van der Waals surface area contributed by atoms with Gasteiger partial charge in [-0.3, -0.25) is 9.89 Å². The summed E-state index contributed by atoms with van der Waals surface area (Å²) in [5.41, 5.74) is 9.13. The van der Waals surface area contributed by atoms with Gasteiger partial charge < -0.3 is 9.47 Å². The van der Waals surface area contributed by atoms with Gasteiger partial charge in [0.1, 0.15) is 18.0 Å². The highest BCUT2D eigenvalue weighted by molar-refractivity contribution is 6.30. The zero-order valence-electron chi connectivity index (χ0n) is 19.9. The fourth-order valence-corrected chi connectivity index (χ4v) is 5.86. The lowest BCUT2D eigenvalue weighted by atomic mass is 9.84. The molecule has 0 radical (unpaired) electrons. The molecule has 1 aliphatic carbocycles. The molecule has 3 heterocycles. The van der Waals surface area contributed by atoms with Crippen molar-refractivity contribution in [3.63, 3.8) is 0 Å². The summed E-state index contributed by atoms with van der Waals surface area (Å²) in [5, 5.41) is 0.738. The number of aliphatic imine (C=N–C) groups is 1. The molecule has 5 nitrogen and oxygen atoms in total. The van der Waals surface area contributed by atoms with Crippen LogP contribution in [0.5, 0.6) is 5.75 Å². The van der Waals surface area contributed by atoms with Crippen molar-refractivity contribution in [3.05, 3.63) is 57.7 Å². The van der Waals surface area contributed by atoms with Crippen molar-refractivity contribution in [3.8, 4) is 16.9 Å². The molecule has 2 aromatic rings. The van der Waals surface area contributed by atoms with Gasteiger partial charge in [0.2, 0.25) is 0 Å². The zero-order valence-corrected chi connectivity index (χ0v) is 20.7. The van der Waals surface area contributed by atoms with Gasteiger partial charge in [-0.1, -0.05) is 17.7 Å². The zero-order chi connectivity index (χ0) is 23.6. The van der Waals surface area contributed by atoms with E-state index in [1.54, 1.807) is 0 Å². The Hall–Kier alpha value is -2.79. The van der Waals surface area contributed by atoms with Gasteiger partial charge in [-0.05, 0) is 98.5 Å². The highest BCUT2D eigenvalue weighted by Gasteiger charge is 2.38. The van der Waals surface area contributed by atoms with E-state index in [0.717, 1.165) is 66.3 Å². The van der Waals surface area contributed by atoms with Gasteiger partial charge in [-0.25, -0.2) is 4.79 Å². The van der Waals surface area contributed by atoms with Crippen molar-refractivity contribution >= 4 is 29.0 Å². The smallest absolute Gasteiger partial charge is 0.410 e. The van der Waals surface area contributed by atoms with Crippen LogP contribution in [-0.2, 0) is 17.8 Å². The van der Waals surface area contributed by atoms with Crippen molar-refractivity contribution in [1.29, 1.82) is 0 Å². The number of rotatable bonds is 1. The van der Waals surface area contributed by atoms with Crippen molar-refractivity contribution in [2.24, 2.45) is 4.99 Å². The van der Waals surface area contributed by atoms with Crippen LogP contribution in [0.3, 0.4) is 0 Å². The number of carbonyl (C=O) groups excluding carboxylic acids is 1. The topological polar surface area (TPSA) is 51.1 Å². The summed E-state index contributed by atoms with van der Waals surface area (Å²) in [6, 6.07) is 10.6. The minimum atomic E-state index is -0.499. The van der Waals surface area contributed by atoms with E-state index in [1.807, 2.05) is 37.8 Å².